The van der Waals surface area contributed by atoms with E-state index >= 15 is 0 Å². The molecule has 7 heteroatoms. The van der Waals surface area contributed by atoms with Crippen LogP contribution in [0.4, 0.5) is 0 Å². The lowest BCUT2D eigenvalue weighted by Gasteiger charge is -2.35. The molecule has 1 saturated heterocycles. The predicted octanol–water partition coefficient (Wildman–Crippen LogP) is 2.31. The van der Waals surface area contributed by atoms with Crippen molar-refractivity contribution in [1.82, 2.24) is 0 Å². The van der Waals surface area contributed by atoms with Crippen LogP contribution in [-0.2, 0) is 19.1 Å². The Balaban J connectivity index is 2.38. The quantitative estimate of drug-likeness (QED) is 0.656. The standard InChI is InChI=1S/C16H20O7/c1-5-16(6-2)14(18)22-13(23-15(16)19)9-7-10(20-3)12(17)11(8-9)21-4/h7-8,13,17H,5-6H2,1-4H3. The molecule has 0 atom stereocenters. The number of esters is 2. The minimum atomic E-state index is -1.26. The zero-order valence-electron chi connectivity index (χ0n) is 13.5. The highest BCUT2D eigenvalue weighted by Gasteiger charge is 2.51. The van der Waals surface area contributed by atoms with Crippen LogP contribution in [0.2, 0.25) is 0 Å². The molecule has 0 bridgehead atoms. The molecular formula is C16H20O7. The number of cyclic esters (lactones) is 2. The van der Waals surface area contributed by atoms with Gasteiger partial charge in [0.2, 0.25) is 5.75 Å². The summed E-state index contributed by atoms with van der Waals surface area (Å²) in [5, 5.41) is 9.91. The summed E-state index contributed by atoms with van der Waals surface area (Å²) in [4.78, 5) is 24.6. The summed E-state index contributed by atoms with van der Waals surface area (Å²) < 4.78 is 20.7. The summed E-state index contributed by atoms with van der Waals surface area (Å²) in [5.74, 6) is -1.18. The van der Waals surface area contributed by atoms with Gasteiger partial charge in [-0.2, -0.15) is 0 Å². The fourth-order valence-corrected chi connectivity index (χ4v) is 2.54. The van der Waals surface area contributed by atoms with Gasteiger partial charge in [0.1, 0.15) is 0 Å². The van der Waals surface area contributed by atoms with Crippen LogP contribution < -0.4 is 9.47 Å². The maximum atomic E-state index is 12.3. The molecule has 0 saturated carbocycles. The van der Waals surface area contributed by atoms with Gasteiger partial charge in [0.15, 0.2) is 16.9 Å². The van der Waals surface area contributed by atoms with Gasteiger partial charge in [-0.15, -0.1) is 0 Å². The van der Waals surface area contributed by atoms with Crippen LogP contribution >= 0.6 is 0 Å². The zero-order chi connectivity index (χ0) is 17.2. The van der Waals surface area contributed by atoms with Crippen LogP contribution in [-0.4, -0.2) is 31.3 Å². The van der Waals surface area contributed by atoms with Crippen LogP contribution in [0.1, 0.15) is 38.5 Å². The Morgan fingerprint density at radius 3 is 1.83 bits per heavy atom. The Labute approximate surface area is 134 Å². The molecule has 1 aliphatic heterocycles. The normalized spacial score (nSPS) is 17.4. The molecule has 1 fully saturated rings. The van der Waals surface area contributed by atoms with Crippen LogP contribution in [0, 0.1) is 5.41 Å². The SMILES string of the molecule is CCC1(CC)C(=O)OC(c2cc(OC)c(O)c(OC)c2)OC1=O. The van der Waals surface area contributed by atoms with Crippen molar-refractivity contribution in [2.45, 2.75) is 33.0 Å². The van der Waals surface area contributed by atoms with Gasteiger partial charge < -0.3 is 24.1 Å². The lowest BCUT2D eigenvalue weighted by Crippen LogP contribution is -2.46. The number of rotatable bonds is 5. The van der Waals surface area contributed by atoms with Crippen molar-refractivity contribution in [3.63, 3.8) is 0 Å². The maximum Gasteiger partial charge on any atom is 0.326 e. The van der Waals surface area contributed by atoms with E-state index in [0.717, 1.165) is 0 Å². The van der Waals surface area contributed by atoms with Gasteiger partial charge in [0.25, 0.3) is 6.29 Å². The average molecular weight is 324 g/mol. The number of phenolic OH excluding ortho intramolecular Hbond substituents is 1. The van der Waals surface area contributed by atoms with Gasteiger partial charge in [0.05, 0.1) is 14.2 Å². The number of hydrogen-bond donors (Lipinski definition) is 1. The molecule has 1 aromatic rings. The number of carbonyl (C=O) groups excluding carboxylic acids is 2. The maximum absolute atomic E-state index is 12.3. The Morgan fingerprint density at radius 2 is 1.48 bits per heavy atom. The second-order valence-corrected chi connectivity index (χ2v) is 5.21. The molecule has 7 nitrogen and oxygen atoms in total. The van der Waals surface area contributed by atoms with E-state index in [9.17, 15) is 14.7 Å². The van der Waals surface area contributed by atoms with E-state index in [1.54, 1.807) is 13.8 Å². The summed E-state index contributed by atoms with van der Waals surface area (Å²) >= 11 is 0. The number of methoxy groups -OCH3 is 2. The summed E-state index contributed by atoms with van der Waals surface area (Å²) in [5.41, 5.74) is -0.930. The molecule has 1 aliphatic rings. The fourth-order valence-electron chi connectivity index (χ4n) is 2.54. The van der Waals surface area contributed by atoms with E-state index in [1.807, 2.05) is 0 Å². The molecule has 0 unspecified atom stereocenters. The molecule has 0 amide bonds. The molecule has 126 valence electrons. The first-order valence-corrected chi connectivity index (χ1v) is 7.30. The largest absolute Gasteiger partial charge is 0.502 e. The van der Waals surface area contributed by atoms with Gasteiger partial charge >= 0.3 is 11.9 Å². The topological polar surface area (TPSA) is 91.3 Å². The van der Waals surface area contributed by atoms with E-state index < -0.39 is 23.6 Å². The van der Waals surface area contributed by atoms with Crippen molar-refractivity contribution in [1.29, 1.82) is 0 Å². The molecule has 0 aromatic heterocycles. The molecule has 1 heterocycles. The van der Waals surface area contributed by atoms with E-state index in [0.29, 0.717) is 18.4 Å². The first-order valence-electron chi connectivity index (χ1n) is 7.30. The zero-order valence-corrected chi connectivity index (χ0v) is 13.5. The third-order valence-corrected chi connectivity index (χ3v) is 4.19. The summed E-state index contributed by atoms with van der Waals surface area (Å²) in [6, 6.07) is 2.85. The third-order valence-electron chi connectivity index (χ3n) is 4.19. The third kappa shape index (κ3) is 2.67. The van der Waals surface area contributed by atoms with Crippen molar-refractivity contribution in [2.75, 3.05) is 14.2 Å². The number of phenols is 1. The van der Waals surface area contributed by atoms with Crippen molar-refractivity contribution in [3.05, 3.63) is 17.7 Å². The van der Waals surface area contributed by atoms with E-state index in [-0.39, 0.29) is 17.2 Å². The predicted molar refractivity (Wildman–Crippen MR) is 79.2 cm³/mol. The Kier molecular flexibility index (Phi) is 4.68. The van der Waals surface area contributed by atoms with E-state index in [1.165, 1.54) is 26.4 Å². The fraction of sp³-hybridized carbons (Fsp3) is 0.500. The van der Waals surface area contributed by atoms with Gasteiger partial charge in [-0.05, 0) is 25.0 Å². The molecule has 2 rings (SSSR count). The summed E-state index contributed by atoms with van der Waals surface area (Å²) in [6.07, 6.45) is -0.601. The number of hydrogen-bond acceptors (Lipinski definition) is 7. The molecule has 1 N–H and O–H groups in total. The minimum Gasteiger partial charge on any atom is -0.502 e. The molecule has 1 aromatic carbocycles. The van der Waals surface area contributed by atoms with Gasteiger partial charge in [-0.25, -0.2) is 0 Å². The first-order chi connectivity index (χ1) is 10.9. The number of ether oxygens (including phenoxy) is 4. The minimum absolute atomic E-state index is 0.120. The van der Waals surface area contributed by atoms with Gasteiger partial charge in [-0.1, -0.05) is 13.8 Å². The first kappa shape index (κ1) is 16.9. The van der Waals surface area contributed by atoms with Crippen LogP contribution in [0.25, 0.3) is 0 Å². The highest BCUT2D eigenvalue weighted by atomic mass is 16.7. The monoisotopic (exact) mass is 324 g/mol. The molecule has 0 aliphatic carbocycles. The lowest BCUT2D eigenvalue weighted by atomic mass is 9.82. The van der Waals surface area contributed by atoms with Crippen LogP contribution in [0.5, 0.6) is 17.2 Å². The van der Waals surface area contributed by atoms with Crippen molar-refractivity contribution < 1.29 is 33.6 Å². The Hall–Kier alpha value is -2.44. The van der Waals surface area contributed by atoms with Gasteiger partial charge in [-0.3, -0.25) is 9.59 Å². The second kappa shape index (κ2) is 6.36. The Bertz CT molecular complexity index is 574. The molecular weight excluding hydrogens is 304 g/mol. The summed E-state index contributed by atoms with van der Waals surface area (Å²) in [7, 11) is 2.74. The highest BCUT2D eigenvalue weighted by Crippen LogP contribution is 2.43. The molecule has 23 heavy (non-hydrogen) atoms. The van der Waals surface area contributed by atoms with E-state index in [4.69, 9.17) is 18.9 Å². The van der Waals surface area contributed by atoms with Gasteiger partial charge in [0, 0.05) is 5.56 Å². The number of carbonyl (C=O) groups is 2. The number of aromatic hydroxyl groups is 1. The Morgan fingerprint density at radius 1 is 1.04 bits per heavy atom. The van der Waals surface area contributed by atoms with Crippen LogP contribution in [0.3, 0.4) is 0 Å². The smallest absolute Gasteiger partial charge is 0.326 e. The molecule has 0 spiro atoms. The van der Waals surface area contributed by atoms with Crippen LogP contribution in [0.15, 0.2) is 12.1 Å². The highest BCUT2D eigenvalue weighted by molar-refractivity contribution is 6.01. The van der Waals surface area contributed by atoms with Crippen molar-refractivity contribution in [2.24, 2.45) is 5.41 Å². The van der Waals surface area contributed by atoms with Crippen molar-refractivity contribution >= 4 is 11.9 Å². The number of benzene rings is 1. The second-order valence-electron chi connectivity index (χ2n) is 5.21. The molecule has 0 radical (unpaired) electrons. The lowest BCUT2D eigenvalue weighted by molar-refractivity contribution is -0.226. The van der Waals surface area contributed by atoms with E-state index in [2.05, 4.69) is 0 Å². The van der Waals surface area contributed by atoms with Crippen molar-refractivity contribution in [3.8, 4) is 17.2 Å². The summed E-state index contributed by atoms with van der Waals surface area (Å²) in [6.45, 7) is 3.47. The average Bonchev–Trinajstić information content (AvgIpc) is 2.55.